The van der Waals surface area contributed by atoms with Crippen molar-refractivity contribution in [2.45, 2.75) is 39.2 Å². The van der Waals surface area contributed by atoms with Crippen molar-refractivity contribution in [3.63, 3.8) is 0 Å². The Hall–Kier alpha value is -2.68. The fourth-order valence-electron chi connectivity index (χ4n) is 1.69. The molecule has 2 N–H and O–H groups in total. The number of benzene rings is 1. The molecule has 6 heteroatoms. The molecule has 0 aliphatic carbocycles. The van der Waals surface area contributed by atoms with Crippen LogP contribution in [-0.2, 0) is 16.0 Å². The predicted octanol–water partition coefficient (Wildman–Crippen LogP) is 2.35. The van der Waals surface area contributed by atoms with E-state index in [1.807, 2.05) is 6.07 Å². The van der Waals surface area contributed by atoms with E-state index in [1.165, 1.54) is 0 Å². The minimum absolute atomic E-state index is 0.126. The maximum Gasteiger partial charge on any atom is 0.434 e. The van der Waals surface area contributed by atoms with Crippen LogP contribution in [0, 0.1) is 11.3 Å². The topological polar surface area (TPSA) is 106 Å². The van der Waals surface area contributed by atoms with Gasteiger partial charge in [-0.2, -0.15) is 10.3 Å². The van der Waals surface area contributed by atoms with Crippen molar-refractivity contribution in [3.05, 3.63) is 35.4 Å². The average Bonchev–Trinajstić information content (AvgIpc) is 2.36. The number of ether oxygens (including phenoxy) is 1. The van der Waals surface area contributed by atoms with Crippen LogP contribution < -0.4 is 5.73 Å². The number of carbonyl (C=O) groups excluding carboxylic acids is 2. The monoisotopic (exact) mass is 301 g/mol. The average molecular weight is 301 g/mol. The van der Waals surface area contributed by atoms with Crippen LogP contribution in [0.5, 0.6) is 0 Å². The van der Waals surface area contributed by atoms with Crippen molar-refractivity contribution in [2.24, 2.45) is 10.7 Å². The van der Waals surface area contributed by atoms with Gasteiger partial charge in [-0.05, 0) is 38.5 Å². The molecule has 0 aromatic heterocycles. The zero-order valence-electron chi connectivity index (χ0n) is 12.9. The Morgan fingerprint density at radius 3 is 2.32 bits per heavy atom. The summed E-state index contributed by atoms with van der Waals surface area (Å²) in [5.74, 6) is -0.573. The second-order valence-electron chi connectivity index (χ2n) is 5.79. The lowest BCUT2D eigenvalue weighted by molar-refractivity contribution is -0.116. The summed E-state index contributed by atoms with van der Waals surface area (Å²) in [6, 6.07) is 8.81. The third-order valence-corrected chi connectivity index (χ3v) is 2.51. The summed E-state index contributed by atoms with van der Waals surface area (Å²) in [5, 5.41) is 8.76. The van der Waals surface area contributed by atoms with Gasteiger partial charge in [0.2, 0.25) is 5.91 Å². The van der Waals surface area contributed by atoms with Crippen LogP contribution in [0.1, 0.15) is 38.3 Å². The minimum atomic E-state index is -0.752. The highest BCUT2D eigenvalue weighted by atomic mass is 16.6. The smallest absolute Gasteiger partial charge is 0.434 e. The Kier molecular flexibility index (Phi) is 5.81. The lowest BCUT2D eigenvalue weighted by Gasteiger charge is -2.17. The summed E-state index contributed by atoms with van der Waals surface area (Å²) < 4.78 is 5.10. The Labute approximate surface area is 129 Å². The van der Waals surface area contributed by atoms with Gasteiger partial charge in [-0.15, -0.1) is 0 Å². The van der Waals surface area contributed by atoms with Gasteiger partial charge in [-0.3, -0.25) is 4.79 Å². The normalized spacial score (nSPS) is 11.6. The number of carbonyl (C=O) groups is 2. The predicted molar refractivity (Wildman–Crippen MR) is 82.3 cm³/mol. The number of aliphatic imine (C=N–C) groups is 1. The second-order valence-corrected chi connectivity index (χ2v) is 5.79. The number of amides is 2. The van der Waals surface area contributed by atoms with Crippen molar-refractivity contribution in [1.82, 2.24) is 0 Å². The van der Waals surface area contributed by atoms with Gasteiger partial charge in [0.1, 0.15) is 5.60 Å². The Morgan fingerprint density at radius 2 is 1.86 bits per heavy atom. The summed E-state index contributed by atoms with van der Waals surface area (Å²) in [4.78, 5) is 26.7. The molecule has 0 radical (unpaired) electrons. The molecule has 22 heavy (non-hydrogen) atoms. The molecule has 1 rings (SSSR count). The molecule has 1 aromatic carbocycles. The number of nitriles is 1. The Bertz CT molecular complexity index is 620. The van der Waals surface area contributed by atoms with E-state index in [0.717, 1.165) is 5.56 Å². The lowest BCUT2D eigenvalue weighted by atomic mass is 10.0. The third-order valence-electron chi connectivity index (χ3n) is 2.51. The standard InChI is InChI=1S/C16H19N3O3/c1-16(2,3)22-15(21)19-13(9-14(18)20)8-11-4-6-12(10-17)7-5-11/h4-7H,8-9H2,1-3H3,(H2,18,20)/b19-13-. The largest absolute Gasteiger partial charge is 0.442 e. The first-order valence-corrected chi connectivity index (χ1v) is 6.76. The molecule has 0 aliphatic rings. The van der Waals surface area contributed by atoms with E-state index in [1.54, 1.807) is 45.0 Å². The maximum atomic E-state index is 11.7. The Morgan fingerprint density at radius 1 is 1.27 bits per heavy atom. The molecule has 0 saturated carbocycles. The minimum Gasteiger partial charge on any atom is -0.442 e. The summed E-state index contributed by atoms with van der Waals surface area (Å²) in [6.07, 6.45) is -0.593. The zero-order valence-corrected chi connectivity index (χ0v) is 12.9. The molecule has 0 fully saturated rings. The van der Waals surface area contributed by atoms with Crippen molar-refractivity contribution in [2.75, 3.05) is 0 Å². The van der Waals surface area contributed by atoms with Crippen LogP contribution in [0.3, 0.4) is 0 Å². The molecule has 0 bridgehead atoms. The van der Waals surface area contributed by atoms with Gasteiger partial charge in [-0.1, -0.05) is 12.1 Å². The molecule has 0 spiro atoms. The summed E-state index contributed by atoms with van der Waals surface area (Å²) in [7, 11) is 0. The first kappa shape index (κ1) is 17.4. The molecule has 6 nitrogen and oxygen atoms in total. The molecule has 0 atom stereocenters. The highest BCUT2D eigenvalue weighted by molar-refractivity contribution is 6.05. The van der Waals surface area contributed by atoms with E-state index < -0.39 is 17.6 Å². The van der Waals surface area contributed by atoms with Crippen LogP contribution in [-0.4, -0.2) is 23.3 Å². The van der Waals surface area contributed by atoms with Gasteiger partial charge in [-0.25, -0.2) is 4.79 Å². The van der Waals surface area contributed by atoms with E-state index >= 15 is 0 Å². The van der Waals surface area contributed by atoms with Gasteiger partial charge >= 0.3 is 6.09 Å². The highest BCUT2D eigenvalue weighted by Gasteiger charge is 2.17. The van der Waals surface area contributed by atoms with E-state index in [0.29, 0.717) is 11.3 Å². The summed E-state index contributed by atoms with van der Waals surface area (Å²) in [6.45, 7) is 5.19. The molecule has 2 amide bonds. The van der Waals surface area contributed by atoms with Gasteiger partial charge < -0.3 is 10.5 Å². The van der Waals surface area contributed by atoms with Gasteiger partial charge in [0, 0.05) is 12.1 Å². The van der Waals surface area contributed by atoms with Crippen LogP contribution in [0.15, 0.2) is 29.3 Å². The molecule has 0 unspecified atom stereocenters. The summed E-state index contributed by atoms with van der Waals surface area (Å²) in [5.41, 5.74) is 6.20. The zero-order chi connectivity index (χ0) is 16.8. The van der Waals surface area contributed by atoms with Crippen LogP contribution in [0.4, 0.5) is 4.79 Å². The number of primary amides is 1. The van der Waals surface area contributed by atoms with Crippen LogP contribution in [0.2, 0.25) is 0 Å². The molecular weight excluding hydrogens is 282 g/mol. The van der Waals surface area contributed by atoms with Gasteiger partial charge in [0.25, 0.3) is 0 Å². The first-order chi connectivity index (χ1) is 10.2. The molecule has 0 aliphatic heterocycles. The van der Waals surface area contributed by atoms with Gasteiger partial charge in [0.15, 0.2) is 0 Å². The van der Waals surface area contributed by atoms with E-state index in [9.17, 15) is 9.59 Å². The number of nitrogens with two attached hydrogens (primary N) is 1. The fraction of sp³-hybridized carbons (Fsp3) is 0.375. The number of rotatable bonds is 4. The molecule has 0 heterocycles. The van der Waals surface area contributed by atoms with Crippen LogP contribution >= 0.6 is 0 Å². The number of hydrogen-bond donors (Lipinski definition) is 1. The van der Waals surface area contributed by atoms with Crippen LogP contribution in [0.25, 0.3) is 0 Å². The number of hydrogen-bond acceptors (Lipinski definition) is 4. The SMILES string of the molecule is CC(C)(C)OC(=O)/N=C(\CC(N)=O)Cc1ccc(C#N)cc1. The van der Waals surface area contributed by atoms with Crippen molar-refractivity contribution >= 4 is 17.7 Å². The van der Waals surface area contributed by atoms with E-state index in [4.69, 9.17) is 15.7 Å². The van der Waals surface area contributed by atoms with E-state index in [-0.39, 0.29) is 12.8 Å². The molecule has 0 saturated heterocycles. The van der Waals surface area contributed by atoms with Gasteiger partial charge in [0.05, 0.1) is 18.1 Å². The van der Waals surface area contributed by atoms with Crippen molar-refractivity contribution in [3.8, 4) is 6.07 Å². The third kappa shape index (κ3) is 6.66. The highest BCUT2D eigenvalue weighted by Crippen LogP contribution is 2.10. The second kappa shape index (κ2) is 7.36. The number of nitrogens with zero attached hydrogens (tertiary/aromatic N) is 2. The first-order valence-electron chi connectivity index (χ1n) is 6.76. The quantitative estimate of drug-likeness (QED) is 0.861. The summed E-state index contributed by atoms with van der Waals surface area (Å²) >= 11 is 0. The Balaban J connectivity index is 2.90. The van der Waals surface area contributed by atoms with Crippen molar-refractivity contribution < 1.29 is 14.3 Å². The molecular formula is C16H19N3O3. The maximum absolute atomic E-state index is 11.7. The fourth-order valence-corrected chi connectivity index (χ4v) is 1.69. The molecule has 1 aromatic rings. The molecule has 116 valence electrons. The lowest BCUT2D eigenvalue weighted by Crippen LogP contribution is -2.24. The van der Waals surface area contributed by atoms with E-state index in [2.05, 4.69) is 4.99 Å². The van der Waals surface area contributed by atoms with Crippen molar-refractivity contribution in [1.29, 1.82) is 5.26 Å².